The van der Waals surface area contributed by atoms with Gasteiger partial charge in [0.2, 0.25) is 0 Å². The first-order valence-corrected chi connectivity index (χ1v) is 7.06. The summed E-state index contributed by atoms with van der Waals surface area (Å²) in [5.41, 5.74) is -3.08. The molecule has 0 saturated carbocycles. The smallest absolute Gasteiger partial charge is 0.370 e. The van der Waals surface area contributed by atoms with Crippen molar-refractivity contribution in [1.29, 1.82) is 0 Å². The van der Waals surface area contributed by atoms with Crippen molar-refractivity contribution in [3.8, 4) is 0 Å². The van der Waals surface area contributed by atoms with Crippen LogP contribution < -0.4 is 0 Å². The number of ether oxygens (including phenoxy) is 1. The monoisotopic (exact) mass is 326 g/mol. The van der Waals surface area contributed by atoms with Crippen LogP contribution in [0, 0.1) is 0 Å². The number of hydrogen-bond acceptors (Lipinski definition) is 5. The summed E-state index contributed by atoms with van der Waals surface area (Å²) in [6, 6.07) is 0. The van der Waals surface area contributed by atoms with Crippen LogP contribution in [0.2, 0.25) is 0 Å². The lowest BCUT2D eigenvalue weighted by atomic mass is 9.92. The summed E-state index contributed by atoms with van der Waals surface area (Å²) in [4.78, 5) is 39.6. The minimum Gasteiger partial charge on any atom is -0.478 e. The van der Waals surface area contributed by atoms with Crippen LogP contribution >= 0.6 is 7.60 Å². The molecule has 1 rings (SSSR count). The van der Waals surface area contributed by atoms with Gasteiger partial charge in [-0.1, -0.05) is 6.08 Å². The zero-order valence-electron chi connectivity index (χ0n) is 10.3. The van der Waals surface area contributed by atoms with E-state index in [1.165, 1.54) is 0 Å². The van der Waals surface area contributed by atoms with Crippen molar-refractivity contribution in [3.05, 3.63) is 24.0 Å². The molecule has 0 spiro atoms. The highest BCUT2D eigenvalue weighted by atomic mass is 31.2. The number of carboxylic acids is 2. The molecule has 0 amide bonds. The highest BCUT2D eigenvalue weighted by Gasteiger charge is 2.49. The van der Waals surface area contributed by atoms with Crippen LogP contribution in [0.3, 0.4) is 0 Å². The van der Waals surface area contributed by atoms with Gasteiger partial charge in [0.1, 0.15) is 11.8 Å². The molecule has 21 heavy (non-hydrogen) atoms. The molecule has 0 unspecified atom stereocenters. The van der Waals surface area contributed by atoms with E-state index in [2.05, 4.69) is 11.3 Å². The Kier molecular flexibility index (Phi) is 4.90. The molecule has 1 aliphatic carbocycles. The molecule has 4 atom stereocenters. The zero-order valence-corrected chi connectivity index (χ0v) is 11.2. The summed E-state index contributed by atoms with van der Waals surface area (Å²) in [6.07, 6.45) is -6.36. The van der Waals surface area contributed by atoms with Crippen LogP contribution in [-0.2, 0) is 18.9 Å². The summed E-state index contributed by atoms with van der Waals surface area (Å²) in [7, 11) is -5.02. The fourth-order valence-corrected chi connectivity index (χ4v) is 2.67. The second-order valence-electron chi connectivity index (χ2n) is 4.21. The molecule has 118 valence electrons. The van der Waals surface area contributed by atoms with Crippen molar-refractivity contribution >= 4 is 19.5 Å². The standard InChI is InChI=1S/C10H12FO9P/c1-3(9(13)14)20-8-6(11)4(10(15)16)2-5(7(8)12)21(17,18)19/h2,5-8,12H,1H2,(H,13,14)(H,15,16)(H2,17,18,19)/t5-,6+,7-,8-/m1/s1. The number of aliphatic hydroxyl groups is 1. The molecule has 0 aliphatic heterocycles. The van der Waals surface area contributed by atoms with E-state index in [4.69, 9.17) is 20.0 Å². The largest absolute Gasteiger partial charge is 0.478 e. The topological polar surface area (TPSA) is 162 Å². The third-order valence-electron chi connectivity index (χ3n) is 2.77. The lowest BCUT2D eigenvalue weighted by molar-refractivity contribution is -0.141. The van der Waals surface area contributed by atoms with E-state index in [9.17, 15) is 23.7 Å². The molecule has 0 aromatic heterocycles. The molecule has 0 aromatic carbocycles. The maximum Gasteiger partial charge on any atom is 0.370 e. The van der Waals surface area contributed by atoms with E-state index in [0.29, 0.717) is 6.08 Å². The fourth-order valence-electron chi connectivity index (χ4n) is 1.75. The summed E-state index contributed by atoms with van der Waals surface area (Å²) < 4.78 is 29.7. The number of rotatable bonds is 5. The summed E-state index contributed by atoms with van der Waals surface area (Å²) in [5.74, 6) is -4.52. The highest BCUT2D eigenvalue weighted by molar-refractivity contribution is 7.52. The Morgan fingerprint density at radius 1 is 1.33 bits per heavy atom. The van der Waals surface area contributed by atoms with E-state index in [-0.39, 0.29) is 0 Å². The summed E-state index contributed by atoms with van der Waals surface area (Å²) in [5, 5.41) is 27.1. The quantitative estimate of drug-likeness (QED) is 0.248. The maximum atomic E-state index is 14.0. The van der Waals surface area contributed by atoms with E-state index >= 15 is 0 Å². The van der Waals surface area contributed by atoms with Gasteiger partial charge in [0.05, 0.1) is 5.57 Å². The number of alkyl halides is 1. The second-order valence-corrected chi connectivity index (χ2v) is 5.98. The third kappa shape index (κ3) is 3.67. The first kappa shape index (κ1) is 17.3. The van der Waals surface area contributed by atoms with Crippen molar-refractivity contribution in [3.63, 3.8) is 0 Å². The van der Waals surface area contributed by atoms with Gasteiger partial charge >= 0.3 is 19.5 Å². The molecular formula is C10H12FO9P. The molecular weight excluding hydrogens is 314 g/mol. The van der Waals surface area contributed by atoms with Gasteiger partial charge in [-0.25, -0.2) is 14.0 Å². The number of aliphatic hydroxyl groups excluding tert-OH is 1. The van der Waals surface area contributed by atoms with Gasteiger partial charge in [-0.3, -0.25) is 4.57 Å². The first-order chi connectivity index (χ1) is 9.46. The number of aliphatic carboxylic acids is 2. The van der Waals surface area contributed by atoms with Gasteiger partial charge in [0.15, 0.2) is 18.0 Å². The first-order valence-electron chi connectivity index (χ1n) is 5.38. The van der Waals surface area contributed by atoms with Gasteiger partial charge in [-0.15, -0.1) is 0 Å². The predicted octanol–water partition coefficient (Wildman–Crippen LogP) is -0.760. The molecule has 0 saturated heterocycles. The second kappa shape index (κ2) is 5.94. The Morgan fingerprint density at radius 2 is 1.86 bits per heavy atom. The minimum atomic E-state index is -5.02. The van der Waals surface area contributed by atoms with Crippen LogP contribution in [0.15, 0.2) is 24.0 Å². The van der Waals surface area contributed by atoms with E-state index in [0.717, 1.165) is 0 Å². The Balaban J connectivity index is 3.24. The Bertz CT molecular complexity index is 551. The number of hydrogen-bond donors (Lipinski definition) is 5. The normalized spacial score (nSPS) is 29.4. The molecule has 0 bridgehead atoms. The van der Waals surface area contributed by atoms with Gasteiger partial charge in [-0.05, 0) is 6.58 Å². The van der Waals surface area contributed by atoms with Crippen molar-refractivity contribution in [1.82, 2.24) is 0 Å². The number of halogens is 1. The minimum absolute atomic E-state index is 0.405. The van der Waals surface area contributed by atoms with Crippen molar-refractivity contribution < 1.29 is 48.4 Å². The van der Waals surface area contributed by atoms with E-state index in [1.54, 1.807) is 0 Å². The van der Waals surface area contributed by atoms with Crippen molar-refractivity contribution in [2.24, 2.45) is 0 Å². The summed E-state index contributed by atoms with van der Waals surface area (Å²) in [6.45, 7) is 2.91. The third-order valence-corrected chi connectivity index (χ3v) is 4.01. The Labute approximate surface area is 117 Å². The van der Waals surface area contributed by atoms with Gasteiger partial charge in [0.25, 0.3) is 0 Å². The van der Waals surface area contributed by atoms with Gasteiger partial charge in [-0.2, -0.15) is 0 Å². The van der Waals surface area contributed by atoms with Crippen LogP contribution in [0.5, 0.6) is 0 Å². The number of carboxylic acid groups (broad SMARTS) is 2. The Hall–Kier alpha value is -1.74. The maximum absolute atomic E-state index is 14.0. The molecule has 5 N–H and O–H groups in total. The van der Waals surface area contributed by atoms with Crippen molar-refractivity contribution in [2.75, 3.05) is 0 Å². The van der Waals surface area contributed by atoms with Crippen LogP contribution in [-0.4, -0.2) is 61.1 Å². The SMILES string of the molecule is C=C(O[C@H]1[C@H](O)[C@H](P(=O)(O)O)C=C(C(=O)O)[C@@H]1F)C(=O)O. The van der Waals surface area contributed by atoms with Crippen molar-refractivity contribution in [2.45, 2.75) is 24.0 Å². The van der Waals surface area contributed by atoms with Crippen LogP contribution in [0.1, 0.15) is 0 Å². The van der Waals surface area contributed by atoms with Crippen LogP contribution in [0.4, 0.5) is 4.39 Å². The number of carbonyl (C=O) groups is 2. The van der Waals surface area contributed by atoms with Gasteiger partial charge in [0, 0.05) is 0 Å². The van der Waals surface area contributed by atoms with Gasteiger partial charge < -0.3 is 29.8 Å². The molecule has 1 aliphatic rings. The molecule has 0 fully saturated rings. The molecule has 0 aromatic rings. The average molecular weight is 326 g/mol. The average Bonchev–Trinajstić information content (AvgIpc) is 2.31. The van der Waals surface area contributed by atoms with Crippen LogP contribution in [0.25, 0.3) is 0 Å². The van der Waals surface area contributed by atoms with E-state index < -0.39 is 54.9 Å². The van der Waals surface area contributed by atoms with E-state index in [1.807, 2.05) is 0 Å². The zero-order chi connectivity index (χ0) is 16.5. The molecule has 0 radical (unpaired) electrons. The lowest BCUT2D eigenvalue weighted by Crippen LogP contribution is -2.49. The molecule has 11 heteroatoms. The molecule has 9 nitrogen and oxygen atoms in total. The molecule has 0 heterocycles. The lowest BCUT2D eigenvalue weighted by Gasteiger charge is -2.35. The fraction of sp³-hybridized carbons (Fsp3) is 0.400. The predicted molar refractivity (Wildman–Crippen MR) is 64.1 cm³/mol. The summed E-state index contributed by atoms with van der Waals surface area (Å²) >= 11 is 0. The Morgan fingerprint density at radius 3 is 2.24 bits per heavy atom. The highest BCUT2D eigenvalue weighted by Crippen LogP contribution is 2.48.